The van der Waals surface area contributed by atoms with Crippen molar-refractivity contribution in [3.8, 4) is 0 Å². The number of pyridine rings is 1. The Morgan fingerprint density at radius 1 is 1.57 bits per heavy atom. The van der Waals surface area contributed by atoms with Gasteiger partial charge in [-0.05, 0) is 44.8 Å². The molecule has 14 heavy (non-hydrogen) atoms. The molecule has 0 fully saturated rings. The van der Waals surface area contributed by atoms with Gasteiger partial charge in [-0.3, -0.25) is 0 Å². The smallest absolute Gasteiger partial charge is 0.143 e. The van der Waals surface area contributed by atoms with Gasteiger partial charge in [-0.15, -0.1) is 6.58 Å². The van der Waals surface area contributed by atoms with Crippen LogP contribution in [0, 0.1) is 0 Å². The highest BCUT2D eigenvalue weighted by atomic mass is 79.9. The first-order valence-corrected chi connectivity index (χ1v) is 5.94. The highest BCUT2D eigenvalue weighted by Crippen LogP contribution is 2.26. The molecule has 76 valence electrons. The summed E-state index contributed by atoms with van der Waals surface area (Å²) >= 11 is 6.87. The molecule has 0 unspecified atom stereocenters. The Bertz CT molecular complexity index is 326. The average Bonchev–Trinajstić information content (AvgIpc) is 2.15. The standard InChI is InChI=1S/C10H12Br2N2/c1-3-5-14(4-2)10-9(12)6-8(11)7-13-10/h3,6-7H,1,4-5H2,2H3. The first-order chi connectivity index (χ1) is 6.69. The third-order valence-electron chi connectivity index (χ3n) is 1.82. The summed E-state index contributed by atoms with van der Waals surface area (Å²) in [5.41, 5.74) is 0. The lowest BCUT2D eigenvalue weighted by molar-refractivity contribution is 0.878. The molecule has 0 atom stereocenters. The van der Waals surface area contributed by atoms with E-state index >= 15 is 0 Å². The molecule has 1 aromatic heterocycles. The fraction of sp³-hybridized carbons (Fsp3) is 0.300. The van der Waals surface area contributed by atoms with E-state index in [-0.39, 0.29) is 0 Å². The minimum Gasteiger partial charge on any atom is -0.352 e. The van der Waals surface area contributed by atoms with Crippen LogP contribution in [0.15, 0.2) is 33.9 Å². The summed E-state index contributed by atoms with van der Waals surface area (Å²) in [6.45, 7) is 7.55. The number of aromatic nitrogens is 1. The average molecular weight is 320 g/mol. The third-order valence-corrected chi connectivity index (χ3v) is 2.84. The van der Waals surface area contributed by atoms with E-state index < -0.39 is 0 Å². The Labute approximate surface area is 101 Å². The highest BCUT2D eigenvalue weighted by Gasteiger charge is 2.08. The molecule has 2 nitrogen and oxygen atoms in total. The van der Waals surface area contributed by atoms with Gasteiger partial charge in [0.2, 0.25) is 0 Å². The van der Waals surface area contributed by atoms with Crippen LogP contribution in [0.5, 0.6) is 0 Å². The second kappa shape index (κ2) is 5.51. The maximum Gasteiger partial charge on any atom is 0.143 e. The van der Waals surface area contributed by atoms with Gasteiger partial charge in [-0.2, -0.15) is 0 Å². The van der Waals surface area contributed by atoms with Crippen molar-refractivity contribution in [2.24, 2.45) is 0 Å². The highest BCUT2D eigenvalue weighted by molar-refractivity contribution is 9.11. The number of rotatable bonds is 4. The fourth-order valence-electron chi connectivity index (χ4n) is 1.16. The molecular weight excluding hydrogens is 308 g/mol. The van der Waals surface area contributed by atoms with Crippen LogP contribution in [0.3, 0.4) is 0 Å². The Morgan fingerprint density at radius 3 is 2.79 bits per heavy atom. The van der Waals surface area contributed by atoms with Gasteiger partial charge in [0.15, 0.2) is 0 Å². The first-order valence-electron chi connectivity index (χ1n) is 4.36. The maximum atomic E-state index is 4.35. The van der Waals surface area contributed by atoms with Crippen LogP contribution in [-0.2, 0) is 0 Å². The van der Waals surface area contributed by atoms with Gasteiger partial charge < -0.3 is 4.90 Å². The summed E-state index contributed by atoms with van der Waals surface area (Å²) in [6.07, 6.45) is 3.67. The van der Waals surface area contributed by atoms with E-state index in [1.54, 1.807) is 6.20 Å². The predicted octanol–water partition coefficient (Wildman–Crippen LogP) is 3.62. The van der Waals surface area contributed by atoms with E-state index in [1.165, 1.54) is 0 Å². The summed E-state index contributed by atoms with van der Waals surface area (Å²) in [6, 6.07) is 1.99. The lowest BCUT2D eigenvalue weighted by atomic mass is 10.4. The lowest BCUT2D eigenvalue weighted by Crippen LogP contribution is -2.23. The van der Waals surface area contributed by atoms with Crippen LogP contribution in [0.2, 0.25) is 0 Å². The number of anilines is 1. The van der Waals surface area contributed by atoms with Gasteiger partial charge in [0.1, 0.15) is 5.82 Å². The molecule has 0 aliphatic heterocycles. The van der Waals surface area contributed by atoms with E-state index in [0.29, 0.717) is 0 Å². The van der Waals surface area contributed by atoms with Crippen molar-refractivity contribution in [3.63, 3.8) is 0 Å². The normalized spacial score (nSPS) is 9.93. The molecule has 0 spiro atoms. The monoisotopic (exact) mass is 318 g/mol. The van der Waals surface area contributed by atoms with E-state index in [9.17, 15) is 0 Å². The molecule has 0 amide bonds. The second-order valence-corrected chi connectivity index (χ2v) is 4.56. The van der Waals surface area contributed by atoms with Crippen molar-refractivity contribution in [1.82, 2.24) is 4.98 Å². The largest absolute Gasteiger partial charge is 0.352 e. The van der Waals surface area contributed by atoms with Crippen LogP contribution in [0.25, 0.3) is 0 Å². The van der Waals surface area contributed by atoms with Gasteiger partial charge in [-0.1, -0.05) is 6.08 Å². The second-order valence-electron chi connectivity index (χ2n) is 2.79. The predicted molar refractivity (Wildman–Crippen MR) is 67.7 cm³/mol. The maximum absolute atomic E-state index is 4.35. The number of hydrogen-bond acceptors (Lipinski definition) is 2. The summed E-state index contributed by atoms with van der Waals surface area (Å²) in [5.74, 6) is 0.954. The molecule has 0 aliphatic rings. The van der Waals surface area contributed by atoms with Crippen molar-refractivity contribution in [3.05, 3.63) is 33.9 Å². The Hall–Kier alpha value is -0.350. The van der Waals surface area contributed by atoms with Gasteiger partial charge in [0.05, 0.1) is 4.47 Å². The molecule has 0 bridgehead atoms. The van der Waals surface area contributed by atoms with Crippen molar-refractivity contribution >= 4 is 37.7 Å². The van der Waals surface area contributed by atoms with Crippen LogP contribution in [0.4, 0.5) is 5.82 Å². The minimum absolute atomic E-state index is 0.809. The molecule has 1 aromatic rings. The number of hydrogen-bond donors (Lipinski definition) is 0. The zero-order valence-electron chi connectivity index (χ0n) is 8.00. The van der Waals surface area contributed by atoms with Crippen molar-refractivity contribution in [2.45, 2.75) is 6.92 Å². The van der Waals surface area contributed by atoms with E-state index in [1.807, 2.05) is 12.1 Å². The van der Waals surface area contributed by atoms with E-state index in [2.05, 4.69) is 55.2 Å². The first kappa shape index (κ1) is 11.7. The van der Waals surface area contributed by atoms with E-state index in [4.69, 9.17) is 0 Å². The van der Waals surface area contributed by atoms with Crippen LogP contribution in [0.1, 0.15) is 6.92 Å². The zero-order valence-corrected chi connectivity index (χ0v) is 11.2. The van der Waals surface area contributed by atoms with Crippen molar-refractivity contribution in [1.29, 1.82) is 0 Å². The van der Waals surface area contributed by atoms with Crippen LogP contribution < -0.4 is 4.90 Å². The van der Waals surface area contributed by atoms with Crippen molar-refractivity contribution < 1.29 is 0 Å². The summed E-state index contributed by atoms with van der Waals surface area (Å²) in [7, 11) is 0. The SMILES string of the molecule is C=CCN(CC)c1ncc(Br)cc1Br. The quantitative estimate of drug-likeness (QED) is 0.788. The summed E-state index contributed by atoms with van der Waals surface area (Å²) in [4.78, 5) is 6.49. The molecule has 1 rings (SSSR count). The molecule has 0 saturated heterocycles. The van der Waals surface area contributed by atoms with Gasteiger partial charge >= 0.3 is 0 Å². The summed E-state index contributed by atoms with van der Waals surface area (Å²) < 4.78 is 1.97. The molecule has 0 aliphatic carbocycles. The Kier molecular flexibility index (Phi) is 4.62. The molecule has 0 N–H and O–H groups in total. The minimum atomic E-state index is 0.809. The molecule has 1 heterocycles. The molecule has 0 saturated carbocycles. The van der Waals surface area contributed by atoms with Crippen LogP contribution in [-0.4, -0.2) is 18.1 Å². The Morgan fingerprint density at radius 2 is 2.29 bits per heavy atom. The van der Waals surface area contributed by atoms with Crippen LogP contribution >= 0.6 is 31.9 Å². The van der Waals surface area contributed by atoms with Gasteiger partial charge in [0, 0.05) is 23.8 Å². The number of nitrogens with zero attached hydrogens (tertiary/aromatic N) is 2. The van der Waals surface area contributed by atoms with E-state index in [0.717, 1.165) is 27.9 Å². The van der Waals surface area contributed by atoms with Gasteiger partial charge in [-0.25, -0.2) is 4.98 Å². The molecule has 4 heteroatoms. The van der Waals surface area contributed by atoms with Crippen molar-refractivity contribution in [2.75, 3.05) is 18.0 Å². The molecule has 0 aromatic carbocycles. The fourth-order valence-corrected chi connectivity index (χ4v) is 2.40. The lowest BCUT2D eigenvalue weighted by Gasteiger charge is -2.21. The van der Waals surface area contributed by atoms with Gasteiger partial charge in [0.25, 0.3) is 0 Å². The number of likely N-dealkylation sites (N-methyl/N-ethyl adjacent to an activating group) is 1. The number of halogens is 2. The third kappa shape index (κ3) is 2.82. The molecule has 0 radical (unpaired) electrons. The topological polar surface area (TPSA) is 16.1 Å². The summed E-state index contributed by atoms with van der Waals surface area (Å²) in [5, 5.41) is 0. The Balaban J connectivity index is 2.97. The zero-order chi connectivity index (χ0) is 10.6. The molecular formula is C10H12Br2N2.